The highest BCUT2D eigenvalue weighted by Gasteiger charge is 2.15. The van der Waals surface area contributed by atoms with Crippen LogP contribution in [0.2, 0.25) is 0 Å². The molecule has 0 aliphatic heterocycles. The second-order valence-electron chi connectivity index (χ2n) is 3.26. The minimum absolute atomic E-state index is 0.293. The lowest BCUT2D eigenvalue weighted by Gasteiger charge is -2.10. The molecule has 0 unspecified atom stereocenters. The van der Waals surface area contributed by atoms with Crippen LogP contribution in [0.4, 0.5) is 0 Å². The number of benzene rings is 1. The Morgan fingerprint density at radius 2 is 1.88 bits per heavy atom. The molecule has 1 aromatic heterocycles. The minimum Gasteiger partial charge on any atom is -0.495 e. The van der Waals surface area contributed by atoms with Gasteiger partial charge in [-0.25, -0.2) is 4.79 Å². The molecule has 2 N–H and O–H groups in total. The molecule has 0 atom stereocenters. The van der Waals surface area contributed by atoms with Gasteiger partial charge in [0.05, 0.1) is 25.1 Å². The zero-order valence-electron chi connectivity index (χ0n) is 9.09. The van der Waals surface area contributed by atoms with Crippen molar-refractivity contribution in [2.75, 3.05) is 14.2 Å². The largest absolute Gasteiger partial charge is 0.495 e. The van der Waals surface area contributed by atoms with Crippen LogP contribution in [0, 0.1) is 0 Å². The number of rotatable bonds is 2. The zero-order chi connectivity index (χ0) is 12.6. The van der Waals surface area contributed by atoms with Gasteiger partial charge in [0.2, 0.25) is 0 Å². The molecule has 7 heteroatoms. The Morgan fingerprint density at radius 3 is 2.47 bits per heavy atom. The fourth-order valence-corrected chi connectivity index (χ4v) is 2.21. The number of aromatic nitrogens is 2. The first kappa shape index (κ1) is 11.7. The van der Waals surface area contributed by atoms with Crippen molar-refractivity contribution < 1.29 is 9.47 Å². The predicted molar refractivity (Wildman–Crippen MR) is 66.0 cm³/mol. The highest BCUT2D eigenvalue weighted by atomic mass is 79.9. The van der Waals surface area contributed by atoms with Gasteiger partial charge in [-0.15, -0.1) is 0 Å². The Bertz CT molecular complexity index is 689. The van der Waals surface area contributed by atoms with Gasteiger partial charge in [-0.1, -0.05) is 0 Å². The normalized spacial score (nSPS) is 10.5. The summed E-state index contributed by atoms with van der Waals surface area (Å²) >= 11 is 3.29. The number of aromatic amines is 2. The molecule has 1 heterocycles. The molecule has 1 aromatic carbocycles. The SMILES string of the molecule is COc1cc2c(=O)[nH]c(=O)[nH]c2c(OC)c1Br. The molecule has 2 aromatic rings. The third-order valence-corrected chi connectivity index (χ3v) is 3.07. The lowest BCUT2D eigenvalue weighted by atomic mass is 10.2. The summed E-state index contributed by atoms with van der Waals surface area (Å²) in [5, 5.41) is 0.293. The van der Waals surface area contributed by atoms with Crippen molar-refractivity contribution in [3.05, 3.63) is 31.4 Å². The Hall–Kier alpha value is -1.76. The van der Waals surface area contributed by atoms with Crippen LogP contribution in [0.3, 0.4) is 0 Å². The summed E-state index contributed by atoms with van der Waals surface area (Å²) in [6, 6.07) is 1.52. The molecule has 0 fully saturated rings. The molecule has 90 valence electrons. The van der Waals surface area contributed by atoms with Crippen molar-refractivity contribution in [2.45, 2.75) is 0 Å². The van der Waals surface area contributed by atoms with E-state index >= 15 is 0 Å². The van der Waals surface area contributed by atoms with Crippen molar-refractivity contribution in [2.24, 2.45) is 0 Å². The lowest BCUT2D eigenvalue weighted by Crippen LogP contribution is -2.22. The first-order valence-corrected chi connectivity index (χ1v) is 5.44. The molecule has 0 radical (unpaired) electrons. The van der Waals surface area contributed by atoms with Crippen molar-refractivity contribution in [1.82, 2.24) is 9.97 Å². The average Bonchev–Trinajstić information content (AvgIpc) is 2.28. The summed E-state index contributed by atoms with van der Waals surface area (Å²) in [4.78, 5) is 27.5. The molecule has 0 saturated carbocycles. The lowest BCUT2D eigenvalue weighted by molar-refractivity contribution is 0.392. The molecule has 2 rings (SSSR count). The third kappa shape index (κ3) is 1.82. The van der Waals surface area contributed by atoms with Crippen molar-refractivity contribution in [3.8, 4) is 11.5 Å². The van der Waals surface area contributed by atoms with E-state index in [0.29, 0.717) is 26.9 Å². The summed E-state index contributed by atoms with van der Waals surface area (Å²) in [7, 11) is 2.92. The molecule has 0 saturated heterocycles. The van der Waals surface area contributed by atoms with Crippen LogP contribution in [-0.4, -0.2) is 24.2 Å². The van der Waals surface area contributed by atoms with Gasteiger partial charge < -0.3 is 14.5 Å². The molecular formula is C10H9BrN2O4. The van der Waals surface area contributed by atoms with Crippen LogP contribution in [-0.2, 0) is 0 Å². The van der Waals surface area contributed by atoms with Gasteiger partial charge in [0.1, 0.15) is 10.2 Å². The number of methoxy groups -OCH3 is 2. The van der Waals surface area contributed by atoms with E-state index in [0.717, 1.165) is 0 Å². The molecule has 0 spiro atoms. The summed E-state index contributed by atoms with van der Waals surface area (Å²) in [6.07, 6.45) is 0. The maximum Gasteiger partial charge on any atom is 0.326 e. The first-order chi connectivity index (χ1) is 8.08. The standard InChI is InChI=1S/C10H9BrN2O4/c1-16-5-3-4-7(8(17-2)6(5)11)12-10(15)13-9(4)14/h3H,1-2H3,(H2,12,13,14,15). The van der Waals surface area contributed by atoms with E-state index < -0.39 is 11.2 Å². The van der Waals surface area contributed by atoms with E-state index in [1.165, 1.54) is 20.3 Å². The Labute approximate surface area is 104 Å². The van der Waals surface area contributed by atoms with Crippen LogP contribution in [0.15, 0.2) is 20.1 Å². The van der Waals surface area contributed by atoms with Crippen LogP contribution in [0.1, 0.15) is 0 Å². The first-order valence-electron chi connectivity index (χ1n) is 4.65. The van der Waals surface area contributed by atoms with Crippen molar-refractivity contribution in [3.63, 3.8) is 0 Å². The van der Waals surface area contributed by atoms with Gasteiger partial charge in [0, 0.05) is 0 Å². The van der Waals surface area contributed by atoms with Gasteiger partial charge in [-0.2, -0.15) is 0 Å². The van der Waals surface area contributed by atoms with Crippen molar-refractivity contribution >= 4 is 26.8 Å². The topological polar surface area (TPSA) is 84.2 Å². The fourth-order valence-electron chi connectivity index (χ4n) is 1.57. The molecule has 0 aliphatic rings. The highest BCUT2D eigenvalue weighted by molar-refractivity contribution is 9.10. The van der Waals surface area contributed by atoms with Gasteiger partial charge in [-0.3, -0.25) is 9.78 Å². The van der Waals surface area contributed by atoms with E-state index in [4.69, 9.17) is 9.47 Å². The number of hydrogen-bond donors (Lipinski definition) is 2. The highest BCUT2D eigenvalue weighted by Crippen LogP contribution is 2.38. The number of nitrogens with one attached hydrogen (secondary N) is 2. The van der Waals surface area contributed by atoms with Crippen LogP contribution in [0.5, 0.6) is 11.5 Å². The van der Waals surface area contributed by atoms with E-state index in [1.807, 2.05) is 0 Å². The monoisotopic (exact) mass is 300 g/mol. The smallest absolute Gasteiger partial charge is 0.326 e. The van der Waals surface area contributed by atoms with Gasteiger partial charge in [-0.05, 0) is 22.0 Å². The predicted octanol–water partition coefficient (Wildman–Crippen LogP) is 0.996. The quantitative estimate of drug-likeness (QED) is 0.866. The molecule has 0 bridgehead atoms. The second-order valence-corrected chi connectivity index (χ2v) is 4.05. The maximum atomic E-state index is 11.6. The number of fused-ring (bicyclic) bond motifs is 1. The molecule has 17 heavy (non-hydrogen) atoms. The molecule has 0 aliphatic carbocycles. The van der Waals surface area contributed by atoms with E-state index in [9.17, 15) is 9.59 Å². The number of halogens is 1. The average molecular weight is 301 g/mol. The summed E-state index contributed by atoms with van der Waals surface area (Å²) in [5.41, 5.74) is -0.750. The molecular weight excluding hydrogens is 292 g/mol. The summed E-state index contributed by atoms with van der Waals surface area (Å²) < 4.78 is 10.8. The van der Waals surface area contributed by atoms with Crippen LogP contribution < -0.4 is 20.7 Å². The minimum atomic E-state index is -0.585. The van der Waals surface area contributed by atoms with Gasteiger partial charge in [0.15, 0.2) is 5.75 Å². The summed E-state index contributed by atoms with van der Waals surface area (Å²) in [5.74, 6) is 0.800. The van der Waals surface area contributed by atoms with Gasteiger partial charge in [0.25, 0.3) is 5.56 Å². The Kier molecular flexibility index (Phi) is 2.93. The molecule has 6 nitrogen and oxygen atoms in total. The maximum absolute atomic E-state index is 11.6. The van der Waals surface area contributed by atoms with E-state index in [-0.39, 0.29) is 0 Å². The van der Waals surface area contributed by atoms with E-state index in [2.05, 4.69) is 25.9 Å². The summed E-state index contributed by atoms with van der Waals surface area (Å²) in [6.45, 7) is 0. The van der Waals surface area contributed by atoms with Crippen molar-refractivity contribution in [1.29, 1.82) is 0 Å². The third-order valence-electron chi connectivity index (χ3n) is 2.32. The number of H-pyrrole nitrogens is 2. The second kappa shape index (κ2) is 4.25. The van der Waals surface area contributed by atoms with Crippen LogP contribution in [0.25, 0.3) is 10.9 Å². The van der Waals surface area contributed by atoms with E-state index in [1.54, 1.807) is 0 Å². The Morgan fingerprint density at radius 1 is 1.18 bits per heavy atom. The zero-order valence-corrected chi connectivity index (χ0v) is 10.7. The van der Waals surface area contributed by atoms with Crippen LogP contribution >= 0.6 is 15.9 Å². The number of ether oxygens (including phenoxy) is 2. The molecule has 0 amide bonds. The number of hydrogen-bond acceptors (Lipinski definition) is 4. The Balaban J connectivity index is 3.03. The fraction of sp³-hybridized carbons (Fsp3) is 0.200. The van der Waals surface area contributed by atoms with Gasteiger partial charge >= 0.3 is 5.69 Å².